The van der Waals surface area contributed by atoms with Gasteiger partial charge in [-0.25, -0.2) is 4.68 Å². The Hall–Kier alpha value is -2.30. The Morgan fingerprint density at radius 3 is 2.35 bits per heavy atom. The van der Waals surface area contributed by atoms with Crippen molar-refractivity contribution in [1.29, 1.82) is 0 Å². The molecule has 5 nitrogen and oxygen atoms in total. The SMILES string of the molecule is Cc1cc(C)cc(-n2nc(NC(C)C(N)=O)cc2C)c1. The predicted octanol–water partition coefficient (Wildman–Crippen LogP) is 2.08. The zero-order valence-electron chi connectivity index (χ0n) is 12.3. The second kappa shape index (κ2) is 5.36. The monoisotopic (exact) mass is 272 g/mol. The molecule has 0 aliphatic carbocycles. The molecule has 0 saturated heterocycles. The van der Waals surface area contributed by atoms with E-state index in [1.807, 2.05) is 17.7 Å². The number of amides is 1. The van der Waals surface area contributed by atoms with E-state index >= 15 is 0 Å². The summed E-state index contributed by atoms with van der Waals surface area (Å²) in [5.74, 6) is 0.247. The van der Waals surface area contributed by atoms with Gasteiger partial charge in [-0.3, -0.25) is 4.79 Å². The van der Waals surface area contributed by atoms with E-state index < -0.39 is 11.9 Å². The summed E-state index contributed by atoms with van der Waals surface area (Å²) < 4.78 is 1.86. The van der Waals surface area contributed by atoms with E-state index in [4.69, 9.17) is 5.73 Å². The van der Waals surface area contributed by atoms with Crippen LogP contribution in [0.15, 0.2) is 24.3 Å². The third kappa shape index (κ3) is 2.99. The summed E-state index contributed by atoms with van der Waals surface area (Å²) in [7, 11) is 0. The minimum Gasteiger partial charge on any atom is -0.368 e. The number of carbonyl (C=O) groups is 1. The molecule has 106 valence electrons. The lowest BCUT2D eigenvalue weighted by molar-refractivity contribution is -0.118. The van der Waals surface area contributed by atoms with Gasteiger partial charge in [0.25, 0.3) is 0 Å². The van der Waals surface area contributed by atoms with Crippen LogP contribution in [-0.4, -0.2) is 21.7 Å². The molecule has 0 aliphatic heterocycles. The number of hydrogen-bond donors (Lipinski definition) is 2. The zero-order chi connectivity index (χ0) is 14.9. The first-order chi connectivity index (χ1) is 9.36. The van der Waals surface area contributed by atoms with Gasteiger partial charge in [-0.05, 0) is 51.0 Å². The van der Waals surface area contributed by atoms with Crippen molar-refractivity contribution >= 4 is 11.7 Å². The van der Waals surface area contributed by atoms with Crippen molar-refractivity contribution in [2.45, 2.75) is 33.7 Å². The van der Waals surface area contributed by atoms with Crippen LogP contribution in [0, 0.1) is 20.8 Å². The Balaban J connectivity index is 2.34. The number of anilines is 1. The van der Waals surface area contributed by atoms with Crippen LogP contribution in [0.2, 0.25) is 0 Å². The highest BCUT2D eigenvalue weighted by Gasteiger charge is 2.12. The average Bonchev–Trinajstić information content (AvgIpc) is 2.68. The number of primary amides is 1. The summed E-state index contributed by atoms with van der Waals surface area (Å²) in [4.78, 5) is 11.1. The summed E-state index contributed by atoms with van der Waals surface area (Å²) >= 11 is 0. The fourth-order valence-electron chi connectivity index (χ4n) is 2.17. The van der Waals surface area contributed by atoms with Crippen LogP contribution in [0.4, 0.5) is 5.82 Å². The van der Waals surface area contributed by atoms with Crippen LogP contribution in [0.5, 0.6) is 0 Å². The maximum absolute atomic E-state index is 11.1. The Morgan fingerprint density at radius 1 is 1.20 bits per heavy atom. The Kier molecular flexibility index (Phi) is 3.79. The van der Waals surface area contributed by atoms with E-state index in [9.17, 15) is 4.79 Å². The lowest BCUT2D eigenvalue weighted by Crippen LogP contribution is -2.32. The molecule has 20 heavy (non-hydrogen) atoms. The average molecular weight is 272 g/mol. The molecule has 0 radical (unpaired) electrons. The van der Waals surface area contributed by atoms with Crippen molar-refractivity contribution in [2.24, 2.45) is 5.73 Å². The van der Waals surface area contributed by atoms with Crippen molar-refractivity contribution < 1.29 is 4.79 Å². The van der Waals surface area contributed by atoms with Gasteiger partial charge in [0, 0.05) is 11.8 Å². The first-order valence-corrected chi connectivity index (χ1v) is 6.58. The van der Waals surface area contributed by atoms with Gasteiger partial charge in [0.15, 0.2) is 0 Å². The molecular formula is C15H20N4O. The van der Waals surface area contributed by atoms with Gasteiger partial charge in [-0.15, -0.1) is 0 Å². The highest BCUT2D eigenvalue weighted by Crippen LogP contribution is 2.18. The number of hydrogen-bond acceptors (Lipinski definition) is 3. The molecule has 2 aromatic rings. The van der Waals surface area contributed by atoms with E-state index in [1.54, 1.807) is 6.92 Å². The molecule has 0 spiro atoms. The number of aromatic nitrogens is 2. The van der Waals surface area contributed by atoms with Crippen molar-refractivity contribution in [3.8, 4) is 5.69 Å². The highest BCUT2D eigenvalue weighted by atomic mass is 16.1. The number of rotatable bonds is 4. The third-order valence-corrected chi connectivity index (χ3v) is 3.13. The van der Waals surface area contributed by atoms with Crippen molar-refractivity contribution in [2.75, 3.05) is 5.32 Å². The van der Waals surface area contributed by atoms with Crippen LogP contribution < -0.4 is 11.1 Å². The van der Waals surface area contributed by atoms with Crippen molar-refractivity contribution in [1.82, 2.24) is 9.78 Å². The number of aryl methyl sites for hydroxylation is 3. The van der Waals surface area contributed by atoms with E-state index in [0.29, 0.717) is 5.82 Å². The van der Waals surface area contributed by atoms with E-state index in [0.717, 1.165) is 11.4 Å². The molecule has 2 rings (SSSR count). The number of nitrogens with zero attached hydrogens (tertiary/aromatic N) is 2. The van der Waals surface area contributed by atoms with Gasteiger partial charge in [0.05, 0.1) is 5.69 Å². The van der Waals surface area contributed by atoms with Gasteiger partial charge in [0.2, 0.25) is 5.91 Å². The molecule has 3 N–H and O–H groups in total. The van der Waals surface area contributed by atoms with Gasteiger partial charge in [-0.1, -0.05) is 6.07 Å². The van der Waals surface area contributed by atoms with E-state index in [1.165, 1.54) is 11.1 Å². The first-order valence-electron chi connectivity index (χ1n) is 6.58. The van der Waals surface area contributed by atoms with Gasteiger partial charge in [-0.2, -0.15) is 5.10 Å². The number of nitrogens with two attached hydrogens (primary N) is 1. The topological polar surface area (TPSA) is 72.9 Å². The van der Waals surface area contributed by atoms with Gasteiger partial charge >= 0.3 is 0 Å². The Labute approximate surface area is 118 Å². The molecule has 1 unspecified atom stereocenters. The van der Waals surface area contributed by atoms with Gasteiger partial charge in [0.1, 0.15) is 11.9 Å². The molecule has 0 bridgehead atoms. The molecular weight excluding hydrogens is 252 g/mol. The lowest BCUT2D eigenvalue weighted by Gasteiger charge is -2.09. The Bertz CT molecular complexity index is 625. The molecule has 0 saturated carbocycles. The quantitative estimate of drug-likeness (QED) is 0.895. The molecule has 5 heteroatoms. The fourth-order valence-corrected chi connectivity index (χ4v) is 2.17. The van der Waals surface area contributed by atoms with E-state index in [-0.39, 0.29) is 0 Å². The zero-order valence-corrected chi connectivity index (χ0v) is 12.3. The normalized spacial score (nSPS) is 12.2. The summed E-state index contributed by atoms with van der Waals surface area (Å²) in [6, 6.07) is 7.73. The molecule has 1 heterocycles. The van der Waals surface area contributed by atoms with Crippen LogP contribution >= 0.6 is 0 Å². The molecule has 0 fully saturated rings. The summed E-state index contributed by atoms with van der Waals surface area (Å²) in [6.45, 7) is 7.81. The maximum Gasteiger partial charge on any atom is 0.239 e. The van der Waals surface area contributed by atoms with Crippen molar-refractivity contribution in [3.05, 3.63) is 41.1 Å². The fraction of sp³-hybridized carbons (Fsp3) is 0.333. The minimum atomic E-state index is -0.447. The molecule has 1 amide bonds. The van der Waals surface area contributed by atoms with Crippen LogP contribution in [0.3, 0.4) is 0 Å². The largest absolute Gasteiger partial charge is 0.368 e. The number of benzene rings is 1. The Morgan fingerprint density at radius 2 is 1.80 bits per heavy atom. The minimum absolute atomic E-state index is 0.399. The second-order valence-electron chi connectivity index (χ2n) is 5.20. The molecule has 0 aliphatic rings. The maximum atomic E-state index is 11.1. The number of carbonyl (C=O) groups excluding carboxylic acids is 1. The summed E-state index contributed by atoms with van der Waals surface area (Å²) in [6.07, 6.45) is 0. The van der Waals surface area contributed by atoms with Crippen molar-refractivity contribution in [3.63, 3.8) is 0 Å². The van der Waals surface area contributed by atoms with Crippen LogP contribution in [-0.2, 0) is 4.79 Å². The third-order valence-electron chi connectivity index (χ3n) is 3.13. The van der Waals surface area contributed by atoms with Crippen LogP contribution in [0.25, 0.3) is 5.69 Å². The predicted molar refractivity (Wildman–Crippen MR) is 80.1 cm³/mol. The molecule has 1 atom stereocenters. The van der Waals surface area contributed by atoms with Gasteiger partial charge < -0.3 is 11.1 Å². The number of nitrogens with one attached hydrogen (secondary N) is 1. The smallest absolute Gasteiger partial charge is 0.239 e. The lowest BCUT2D eigenvalue weighted by atomic mass is 10.1. The highest BCUT2D eigenvalue weighted by molar-refractivity contribution is 5.82. The first kappa shape index (κ1) is 14.1. The van der Waals surface area contributed by atoms with Crippen LogP contribution in [0.1, 0.15) is 23.7 Å². The molecule has 1 aromatic heterocycles. The second-order valence-corrected chi connectivity index (χ2v) is 5.20. The molecule has 1 aromatic carbocycles. The summed E-state index contributed by atoms with van der Waals surface area (Å²) in [5.41, 5.74) is 9.63. The standard InChI is InChI=1S/C15H20N4O/c1-9-5-10(2)7-13(6-9)19-11(3)8-14(18-19)17-12(4)15(16)20/h5-8,12H,1-4H3,(H2,16,20)(H,17,18). The van der Waals surface area contributed by atoms with E-state index in [2.05, 4.69) is 42.5 Å². The summed E-state index contributed by atoms with van der Waals surface area (Å²) in [5, 5.41) is 7.48.